The Balaban J connectivity index is 0.000000479. The molecule has 1 unspecified atom stereocenters. The summed E-state index contributed by atoms with van der Waals surface area (Å²) in [5.74, 6) is -1.90. The van der Waals surface area contributed by atoms with Crippen LogP contribution in [-0.4, -0.2) is 54.3 Å². The van der Waals surface area contributed by atoms with Gasteiger partial charge in [0.15, 0.2) is 0 Å². The molecule has 3 N–H and O–H groups in total. The maximum Gasteiger partial charge on any atom is 0.490 e. The van der Waals surface area contributed by atoms with Crippen molar-refractivity contribution in [3.05, 3.63) is 60.3 Å². The Hall–Kier alpha value is -3.37. The number of halogens is 3. The third kappa shape index (κ3) is 7.92. The molecule has 7 nitrogen and oxygen atoms in total. The third-order valence-electron chi connectivity index (χ3n) is 4.56. The van der Waals surface area contributed by atoms with Gasteiger partial charge in [-0.2, -0.15) is 18.3 Å². The second kappa shape index (κ2) is 12.0. The summed E-state index contributed by atoms with van der Waals surface area (Å²) in [6.07, 6.45) is -3.32. The lowest BCUT2D eigenvalue weighted by atomic mass is 9.99. The highest BCUT2D eigenvalue weighted by atomic mass is 19.4. The van der Waals surface area contributed by atoms with Gasteiger partial charge in [-0.3, -0.25) is 5.10 Å². The molecule has 0 fully saturated rings. The summed E-state index contributed by atoms with van der Waals surface area (Å²) in [7, 11) is 3.42. The molecule has 3 rings (SSSR count). The van der Waals surface area contributed by atoms with Gasteiger partial charge in [0.2, 0.25) is 0 Å². The van der Waals surface area contributed by atoms with Crippen LogP contribution in [0.5, 0.6) is 5.75 Å². The second-order valence-electron chi connectivity index (χ2n) is 7.13. The number of aromatic nitrogens is 2. The number of hydrogen-bond acceptors (Lipinski definition) is 5. The van der Waals surface area contributed by atoms with Crippen LogP contribution in [0.25, 0.3) is 22.4 Å². The van der Waals surface area contributed by atoms with Crippen molar-refractivity contribution in [1.82, 2.24) is 15.5 Å². The van der Waals surface area contributed by atoms with Crippen LogP contribution in [0.1, 0.15) is 12.5 Å². The van der Waals surface area contributed by atoms with E-state index in [4.69, 9.17) is 19.4 Å². The summed E-state index contributed by atoms with van der Waals surface area (Å²) < 4.78 is 42.5. The zero-order valence-electron chi connectivity index (χ0n) is 18.4. The SMILES string of the molecule is COCC(C)NCc1ccc(OC)c(-c2cccc(-c3ccn[nH]3)c2)c1.O=C(O)C(F)(F)F. The number of benzene rings is 2. The van der Waals surface area contributed by atoms with Gasteiger partial charge in [-0.15, -0.1) is 0 Å². The highest BCUT2D eigenvalue weighted by Crippen LogP contribution is 2.33. The van der Waals surface area contributed by atoms with Crippen LogP contribution in [0.4, 0.5) is 13.2 Å². The maximum atomic E-state index is 10.6. The molecule has 0 radical (unpaired) electrons. The quantitative estimate of drug-likeness (QED) is 0.453. The number of methoxy groups -OCH3 is 2. The van der Waals surface area contributed by atoms with Gasteiger partial charge in [0.1, 0.15) is 5.75 Å². The third-order valence-corrected chi connectivity index (χ3v) is 4.56. The fraction of sp³-hybridized carbons (Fsp3) is 0.304. The highest BCUT2D eigenvalue weighted by molar-refractivity contribution is 5.76. The predicted octanol–water partition coefficient (Wildman–Crippen LogP) is 4.51. The molecule has 0 amide bonds. The Labute approximate surface area is 189 Å². The van der Waals surface area contributed by atoms with E-state index in [0.717, 1.165) is 34.7 Å². The van der Waals surface area contributed by atoms with E-state index >= 15 is 0 Å². The van der Waals surface area contributed by atoms with E-state index in [0.29, 0.717) is 12.6 Å². The zero-order valence-corrected chi connectivity index (χ0v) is 18.4. The number of nitrogens with one attached hydrogen (secondary N) is 2. The monoisotopic (exact) mass is 465 g/mol. The first kappa shape index (κ1) is 25.9. The van der Waals surface area contributed by atoms with E-state index in [1.165, 1.54) is 5.56 Å². The van der Waals surface area contributed by atoms with Crippen molar-refractivity contribution in [2.75, 3.05) is 20.8 Å². The van der Waals surface area contributed by atoms with Gasteiger partial charge in [-0.1, -0.05) is 24.3 Å². The molecule has 0 aliphatic carbocycles. The Morgan fingerprint density at radius 1 is 1.15 bits per heavy atom. The van der Waals surface area contributed by atoms with Crippen molar-refractivity contribution in [1.29, 1.82) is 0 Å². The molecule has 0 spiro atoms. The number of alkyl halides is 3. The number of carboxylic acid groups (broad SMARTS) is 1. The summed E-state index contributed by atoms with van der Waals surface area (Å²) in [5.41, 5.74) is 5.49. The minimum absolute atomic E-state index is 0.300. The van der Waals surface area contributed by atoms with Crippen molar-refractivity contribution in [3.63, 3.8) is 0 Å². The minimum Gasteiger partial charge on any atom is -0.496 e. The van der Waals surface area contributed by atoms with E-state index < -0.39 is 12.1 Å². The molecule has 1 aromatic heterocycles. The molecule has 0 aliphatic rings. The van der Waals surface area contributed by atoms with Crippen molar-refractivity contribution < 1.29 is 32.5 Å². The van der Waals surface area contributed by atoms with E-state index in [-0.39, 0.29) is 0 Å². The molecular formula is C23H26F3N3O4. The first-order valence-corrected chi connectivity index (χ1v) is 9.95. The van der Waals surface area contributed by atoms with Gasteiger partial charge in [0, 0.05) is 37.0 Å². The summed E-state index contributed by atoms with van der Waals surface area (Å²) in [5, 5.41) is 17.6. The number of nitrogens with zero attached hydrogens (tertiary/aromatic N) is 1. The lowest BCUT2D eigenvalue weighted by molar-refractivity contribution is -0.192. The lowest BCUT2D eigenvalue weighted by Crippen LogP contribution is -2.29. The molecule has 0 saturated heterocycles. The van der Waals surface area contributed by atoms with Crippen molar-refractivity contribution in [2.24, 2.45) is 0 Å². The Morgan fingerprint density at radius 3 is 2.42 bits per heavy atom. The smallest absolute Gasteiger partial charge is 0.490 e. The first-order valence-electron chi connectivity index (χ1n) is 9.95. The van der Waals surface area contributed by atoms with E-state index in [2.05, 4.69) is 58.8 Å². The summed E-state index contributed by atoms with van der Waals surface area (Å²) in [6.45, 7) is 3.58. The average Bonchev–Trinajstić information content (AvgIpc) is 3.33. The number of carboxylic acids is 1. The van der Waals surface area contributed by atoms with Crippen LogP contribution in [0.3, 0.4) is 0 Å². The van der Waals surface area contributed by atoms with E-state index in [1.54, 1.807) is 20.4 Å². The normalized spacial score (nSPS) is 11.9. The molecule has 10 heteroatoms. The van der Waals surface area contributed by atoms with E-state index in [9.17, 15) is 13.2 Å². The number of hydrogen-bond donors (Lipinski definition) is 3. The van der Waals surface area contributed by atoms with Crippen molar-refractivity contribution in [3.8, 4) is 28.1 Å². The zero-order chi connectivity index (χ0) is 24.4. The van der Waals surface area contributed by atoms with Crippen LogP contribution >= 0.6 is 0 Å². The maximum absolute atomic E-state index is 10.6. The topological polar surface area (TPSA) is 96.5 Å². The molecule has 0 aliphatic heterocycles. The second-order valence-corrected chi connectivity index (χ2v) is 7.13. The van der Waals surface area contributed by atoms with Crippen molar-refractivity contribution >= 4 is 5.97 Å². The molecule has 178 valence electrons. The molecular weight excluding hydrogens is 439 g/mol. The van der Waals surface area contributed by atoms with Gasteiger partial charge < -0.3 is 19.9 Å². The molecule has 1 atom stereocenters. The van der Waals surface area contributed by atoms with Crippen LogP contribution in [-0.2, 0) is 16.1 Å². The number of H-pyrrole nitrogens is 1. The Morgan fingerprint density at radius 2 is 1.85 bits per heavy atom. The number of aliphatic carboxylic acids is 1. The predicted molar refractivity (Wildman–Crippen MR) is 118 cm³/mol. The molecule has 1 heterocycles. The number of carbonyl (C=O) groups is 1. The van der Waals surface area contributed by atoms with Gasteiger partial charge in [0.05, 0.1) is 19.4 Å². The van der Waals surface area contributed by atoms with Gasteiger partial charge in [0.25, 0.3) is 0 Å². The van der Waals surface area contributed by atoms with Crippen LogP contribution in [0.2, 0.25) is 0 Å². The number of rotatable bonds is 8. The summed E-state index contributed by atoms with van der Waals surface area (Å²) in [6, 6.07) is 16.9. The van der Waals surface area contributed by atoms with Crippen LogP contribution < -0.4 is 10.1 Å². The van der Waals surface area contributed by atoms with Gasteiger partial charge in [-0.25, -0.2) is 4.79 Å². The number of aromatic amines is 1. The Kier molecular flexibility index (Phi) is 9.43. The average molecular weight is 465 g/mol. The fourth-order valence-corrected chi connectivity index (χ4v) is 2.96. The fourth-order valence-electron chi connectivity index (χ4n) is 2.96. The van der Waals surface area contributed by atoms with E-state index in [1.807, 2.05) is 12.1 Å². The molecule has 3 aromatic rings. The van der Waals surface area contributed by atoms with Crippen LogP contribution in [0.15, 0.2) is 54.7 Å². The molecule has 0 bridgehead atoms. The van der Waals surface area contributed by atoms with Gasteiger partial charge >= 0.3 is 12.1 Å². The van der Waals surface area contributed by atoms with Crippen molar-refractivity contribution in [2.45, 2.75) is 25.7 Å². The molecule has 0 saturated carbocycles. The van der Waals surface area contributed by atoms with Gasteiger partial charge in [-0.05, 0) is 42.3 Å². The molecule has 2 aromatic carbocycles. The first-order chi connectivity index (χ1) is 15.7. The standard InChI is InChI=1S/C21H25N3O2.C2HF3O2/c1-15(14-25-2)22-13-16-7-8-21(26-3)19(11-16)17-5-4-6-18(12-17)20-9-10-23-24-20;3-2(4,5)1(6)7/h4-12,15,22H,13-14H2,1-3H3,(H,23,24);(H,6,7). The molecule has 33 heavy (non-hydrogen) atoms. The summed E-state index contributed by atoms with van der Waals surface area (Å²) in [4.78, 5) is 8.90. The Bertz CT molecular complexity index is 1020. The number of ether oxygens (including phenoxy) is 2. The highest BCUT2D eigenvalue weighted by Gasteiger charge is 2.38. The van der Waals surface area contributed by atoms with Crippen LogP contribution in [0, 0.1) is 0 Å². The largest absolute Gasteiger partial charge is 0.496 e. The minimum atomic E-state index is -5.08. The summed E-state index contributed by atoms with van der Waals surface area (Å²) >= 11 is 0. The lowest BCUT2D eigenvalue weighted by Gasteiger charge is -2.15.